The third kappa shape index (κ3) is 5.26. The molecular formula is C17H35N3O. The molecule has 1 aliphatic carbocycles. The van der Waals surface area contributed by atoms with Gasteiger partial charge in [-0.2, -0.15) is 0 Å². The van der Waals surface area contributed by atoms with Crippen LogP contribution in [-0.4, -0.2) is 42.0 Å². The van der Waals surface area contributed by atoms with Gasteiger partial charge in [0.2, 0.25) is 5.91 Å². The molecule has 0 saturated heterocycles. The number of hydrogen-bond donors (Lipinski definition) is 2. The molecule has 0 aromatic carbocycles. The van der Waals surface area contributed by atoms with E-state index in [1.807, 2.05) is 0 Å². The van der Waals surface area contributed by atoms with Crippen LogP contribution < -0.4 is 11.1 Å². The molecule has 1 amide bonds. The molecule has 1 saturated carbocycles. The minimum atomic E-state index is 0.0859. The molecular weight excluding hydrogens is 262 g/mol. The van der Waals surface area contributed by atoms with Crippen LogP contribution in [0.3, 0.4) is 0 Å². The monoisotopic (exact) mass is 297 g/mol. The Hall–Kier alpha value is -0.610. The van der Waals surface area contributed by atoms with Gasteiger partial charge in [0.15, 0.2) is 0 Å². The van der Waals surface area contributed by atoms with Crippen LogP contribution in [0.25, 0.3) is 0 Å². The van der Waals surface area contributed by atoms with Crippen molar-refractivity contribution in [1.29, 1.82) is 0 Å². The summed E-state index contributed by atoms with van der Waals surface area (Å²) in [4.78, 5) is 14.8. The predicted molar refractivity (Wildman–Crippen MR) is 89.0 cm³/mol. The van der Waals surface area contributed by atoms with Crippen LogP contribution in [0, 0.1) is 17.8 Å². The van der Waals surface area contributed by atoms with Crippen molar-refractivity contribution < 1.29 is 4.79 Å². The molecule has 1 rings (SSSR count). The van der Waals surface area contributed by atoms with Crippen LogP contribution in [0.5, 0.6) is 0 Å². The summed E-state index contributed by atoms with van der Waals surface area (Å²) in [5, 5.41) is 3.12. The summed E-state index contributed by atoms with van der Waals surface area (Å²) >= 11 is 0. The third-order valence-corrected chi connectivity index (χ3v) is 5.02. The minimum Gasteiger partial charge on any atom is -0.355 e. The minimum absolute atomic E-state index is 0.0859. The van der Waals surface area contributed by atoms with Gasteiger partial charge in [-0.1, -0.05) is 13.8 Å². The van der Waals surface area contributed by atoms with Gasteiger partial charge < -0.3 is 11.1 Å². The van der Waals surface area contributed by atoms with E-state index in [1.165, 1.54) is 0 Å². The quantitative estimate of drug-likeness (QED) is 0.790. The maximum atomic E-state index is 12.4. The summed E-state index contributed by atoms with van der Waals surface area (Å²) in [6.07, 6.45) is 1.88. The van der Waals surface area contributed by atoms with Crippen LogP contribution in [0.4, 0.5) is 0 Å². The zero-order valence-corrected chi connectivity index (χ0v) is 14.7. The van der Waals surface area contributed by atoms with E-state index in [0.29, 0.717) is 23.9 Å². The Morgan fingerprint density at radius 1 is 1.14 bits per heavy atom. The summed E-state index contributed by atoms with van der Waals surface area (Å²) in [5.74, 6) is 1.24. The summed E-state index contributed by atoms with van der Waals surface area (Å²) in [5.41, 5.74) is 6.14. The largest absolute Gasteiger partial charge is 0.355 e. The third-order valence-electron chi connectivity index (χ3n) is 5.02. The Morgan fingerprint density at radius 3 is 2.24 bits per heavy atom. The van der Waals surface area contributed by atoms with Crippen LogP contribution in [0.1, 0.15) is 54.4 Å². The lowest BCUT2D eigenvalue weighted by molar-refractivity contribution is -0.128. The number of nitrogens with two attached hydrogens (primary N) is 1. The van der Waals surface area contributed by atoms with E-state index in [4.69, 9.17) is 5.73 Å². The molecule has 0 aromatic heterocycles. The number of amides is 1. The van der Waals surface area contributed by atoms with Crippen LogP contribution in [-0.2, 0) is 4.79 Å². The standard InChI is InChI=1S/C17H35N3O/c1-11(2)20(12(3)4)8-7-19-17(21)15-10-16(18)14(6)9-13(15)5/h11-16H,7-10,18H2,1-6H3,(H,19,21). The van der Waals surface area contributed by atoms with Gasteiger partial charge in [-0.3, -0.25) is 9.69 Å². The number of carbonyl (C=O) groups excluding carboxylic acids is 1. The van der Waals surface area contributed by atoms with E-state index in [0.717, 1.165) is 25.9 Å². The average molecular weight is 297 g/mol. The zero-order chi connectivity index (χ0) is 16.2. The van der Waals surface area contributed by atoms with Crippen molar-refractivity contribution in [3.8, 4) is 0 Å². The number of rotatable bonds is 6. The topological polar surface area (TPSA) is 58.4 Å². The first-order chi connectivity index (χ1) is 9.73. The first-order valence-corrected chi connectivity index (χ1v) is 8.53. The lowest BCUT2D eigenvalue weighted by atomic mass is 9.72. The second-order valence-corrected chi connectivity index (χ2v) is 7.41. The fourth-order valence-electron chi connectivity index (χ4n) is 3.60. The molecule has 124 valence electrons. The second kappa shape index (κ2) is 8.14. The van der Waals surface area contributed by atoms with Crippen molar-refractivity contribution in [2.45, 2.75) is 72.5 Å². The lowest BCUT2D eigenvalue weighted by Gasteiger charge is -2.36. The fourth-order valence-corrected chi connectivity index (χ4v) is 3.60. The van der Waals surface area contributed by atoms with Crippen molar-refractivity contribution in [3.05, 3.63) is 0 Å². The van der Waals surface area contributed by atoms with Crippen LogP contribution in [0.2, 0.25) is 0 Å². The molecule has 4 atom stereocenters. The Balaban J connectivity index is 2.43. The van der Waals surface area contributed by atoms with Crippen molar-refractivity contribution in [3.63, 3.8) is 0 Å². The Bertz CT molecular complexity index is 322. The number of nitrogens with one attached hydrogen (secondary N) is 1. The second-order valence-electron chi connectivity index (χ2n) is 7.41. The first-order valence-electron chi connectivity index (χ1n) is 8.53. The molecule has 3 N–H and O–H groups in total. The van der Waals surface area contributed by atoms with Crippen LogP contribution in [0.15, 0.2) is 0 Å². The summed E-state index contributed by atoms with van der Waals surface area (Å²) < 4.78 is 0. The maximum Gasteiger partial charge on any atom is 0.223 e. The highest BCUT2D eigenvalue weighted by atomic mass is 16.1. The molecule has 0 spiro atoms. The van der Waals surface area contributed by atoms with Crippen LogP contribution >= 0.6 is 0 Å². The molecule has 4 unspecified atom stereocenters. The van der Waals surface area contributed by atoms with Gasteiger partial charge in [0.1, 0.15) is 0 Å². The molecule has 4 nitrogen and oxygen atoms in total. The van der Waals surface area contributed by atoms with Gasteiger partial charge in [0.05, 0.1) is 0 Å². The smallest absolute Gasteiger partial charge is 0.223 e. The van der Waals surface area contributed by atoms with Gasteiger partial charge in [-0.05, 0) is 52.4 Å². The maximum absolute atomic E-state index is 12.4. The highest BCUT2D eigenvalue weighted by molar-refractivity contribution is 5.79. The molecule has 1 fully saturated rings. The Kier molecular flexibility index (Phi) is 7.14. The predicted octanol–water partition coefficient (Wildman–Crippen LogP) is 2.23. The zero-order valence-electron chi connectivity index (χ0n) is 14.7. The van der Waals surface area contributed by atoms with Gasteiger partial charge in [0.25, 0.3) is 0 Å². The molecule has 0 aliphatic heterocycles. The van der Waals surface area contributed by atoms with E-state index >= 15 is 0 Å². The molecule has 0 bridgehead atoms. The first kappa shape index (κ1) is 18.4. The summed E-state index contributed by atoms with van der Waals surface area (Å²) in [6, 6.07) is 1.18. The van der Waals surface area contributed by atoms with Gasteiger partial charge >= 0.3 is 0 Å². The molecule has 0 heterocycles. The Morgan fingerprint density at radius 2 is 1.71 bits per heavy atom. The SMILES string of the molecule is CC1CC(C)C(C(=O)NCCN(C(C)C)C(C)C)CC1N. The molecule has 0 aromatic rings. The van der Waals surface area contributed by atoms with Crippen molar-refractivity contribution >= 4 is 5.91 Å². The molecule has 21 heavy (non-hydrogen) atoms. The number of carbonyl (C=O) groups is 1. The van der Waals surface area contributed by atoms with E-state index < -0.39 is 0 Å². The average Bonchev–Trinajstić information content (AvgIpc) is 2.37. The van der Waals surface area contributed by atoms with E-state index in [2.05, 4.69) is 51.8 Å². The number of hydrogen-bond acceptors (Lipinski definition) is 3. The van der Waals surface area contributed by atoms with Gasteiger partial charge in [-0.15, -0.1) is 0 Å². The van der Waals surface area contributed by atoms with Crippen molar-refractivity contribution in [2.75, 3.05) is 13.1 Å². The Labute approximate surface area is 130 Å². The van der Waals surface area contributed by atoms with Crippen molar-refractivity contribution in [1.82, 2.24) is 10.2 Å². The molecule has 0 radical (unpaired) electrons. The van der Waals surface area contributed by atoms with Crippen molar-refractivity contribution in [2.24, 2.45) is 23.5 Å². The normalized spacial score (nSPS) is 30.2. The fraction of sp³-hybridized carbons (Fsp3) is 0.941. The summed E-state index contributed by atoms with van der Waals surface area (Å²) in [7, 11) is 0. The van der Waals surface area contributed by atoms with E-state index in [-0.39, 0.29) is 17.9 Å². The van der Waals surface area contributed by atoms with E-state index in [1.54, 1.807) is 0 Å². The lowest BCUT2D eigenvalue weighted by Crippen LogP contribution is -2.47. The summed E-state index contributed by atoms with van der Waals surface area (Å²) in [6.45, 7) is 14.8. The molecule has 1 aliphatic rings. The highest BCUT2D eigenvalue weighted by Crippen LogP contribution is 2.32. The highest BCUT2D eigenvalue weighted by Gasteiger charge is 2.34. The van der Waals surface area contributed by atoms with Gasteiger partial charge in [0, 0.05) is 37.1 Å². The van der Waals surface area contributed by atoms with Gasteiger partial charge in [-0.25, -0.2) is 0 Å². The molecule has 4 heteroatoms. The number of nitrogens with zero attached hydrogens (tertiary/aromatic N) is 1. The van der Waals surface area contributed by atoms with E-state index in [9.17, 15) is 4.79 Å².